The molecule has 1 rings (SSSR count). The third kappa shape index (κ3) is 3.78. The number of nitrogens with zero attached hydrogens (tertiary/aromatic N) is 1. The fraction of sp³-hybridized carbons (Fsp3) is 0.364. The summed E-state index contributed by atoms with van der Waals surface area (Å²) < 4.78 is 26.0. The van der Waals surface area contributed by atoms with Crippen molar-refractivity contribution in [2.24, 2.45) is 5.73 Å². The molecule has 2 unspecified atom stereocenters. The van der Waals surface area contributed by atoms with Crippen molar-refractivity contribution in [3.8, 4) is 6.07 Å². The van der Waals surface area contributed by atoms with Crippen LogP contribution < -0.4 is 10.5 Å². The van der Waals surface area contributed by atoms with Crippen LogP contribution in [0.25, 0.3) is 0 Å². The summed E-state index contributed by atoms with van der Waals surface area (Å²) in [5.74, 6) is 0. The molecule has 1 aromatic carbocycles. The Balaban J connectivity index is 2.77. The van der Waals surface area contributed by atoms with Crippen LogP contribution in [0, 0.1) is 11.3 Å². The maximum atomic E-state index is 11.8. The van der Waals surface area contributed by atoms with E-state index in [4.69, 9.17) is 16.1 Å². The predicted octanol–water partition coefficient (Wildman–Crippen LogP) is -0.455. The van der Waals surface area contributed by atoms with Crippen molar-refractivity contribution in [3.05, 3.63) is 29.8 Å². The lowest BCUT2D eigenvalue weighted by molar-refractivity contribution is 0.164. The average molecular weight is 269 g/mol. The maximum Gasteiger partial charge on any atom is 0.240 e. The van der Waals surface area contributed by atoms with Crippen LogP contribution in [0.5, 0.6) is 0 Å². The Morgan fingerprint density at radius 3 is 2.44 bits per heavy atom. The van der Waals surface area contributed by atoms with Gasteiger partial charge in [-0.1, -0.05) is 0 Å². The first kappa shape index (κ1) is 14.6. The SMILES string of the molecule is CC(O)C(N)CNS(=O)(=O)c1ccc(C#N)cc1. The normalized spacial score (nSPS) is 14.8. The van der Waals surface area contributed by atoms with Crippen LogP contribution in [0.3, 0.4) is 0 Å². The molecule has 1 aromatic rings. The molecule has 7 heteroatoms. The Labute approximate surface area is 106 Å². The minimum absolute atomic E-state index is 0.0549. The third-order valence-electron chi connectivity index (χ3n) is 2.42. The van der Waals surface area contributed by atoms with Gasteiger partial charge in [-0.25, -0.2) is 13.1 Å². The standard InChI is InChI=1S/C11H15N3O3S/c1-8(15)11(13)7-14-18(16,17)10-4-2-9(6-12)3-5-10/h2-5,8,11,14-15H,7,13H2,1H3. The summed E-state index contributed by atoms with van der Waals surface area (Å²) in [6, 6.07) is 6.76. The fourth-order valence-electron chi connectivity index (χ4n) is 1.17. The van der Waals surface area contributed by atoms with Gasteiger partial charge < -0.3 is 10.8 Å². The molecule has 6 nitrogen and oxygen atoms in total. The molecule has 0 aliphatic carbocycles. The van der Waals surface area contributed by atoms with Crippen LogP contribution in [-0.2, 0) is 10.0 Å². The molecule has 0 bridgehead atoms. The van der Waals surface area contributed by atoms with Crippen molar-refractivity contribution in [1.29, 1.82) is 5.26 Å². The van der Waals surface area contributed by atoms with E-state index in [1.165, 1.54) is 31.2 Å². The Bertz CT molecular complexity index is 532. The van der Waals surface area contributed by atoms with Crippen molar-refractivity contribution in [3.63, 3.8) is 0 Å². The van der Waals surface area contributed by atoms with Crippen LogP contribution in [-0.4, -0.2) is 32.2 Å². The van der Waals surface area contributed by atoms with E-state index in [1.54, 1.807) is 0 Å². The molecule has 0 saturated carbocycles. The van der Waals surface area contributed by atoms with Crippen LogP contribution in [0.1, 0.15) is 12.5 Å². The number of nitrogens with two attached hydrogens (primary N) is 1. The second-order valence-corrected chi connectivity index (χ2v) is 5.66. The van der Waals surface area contributed by atoms with E-state index in [9.17, 15) is 8.42 Å². The van der Waals surface area contributed by atoms with Gasteiger partial charge in [0.2, 0.25) is 10.0 Å². The summed E-state index contributed by atoms with van der Waals surface area (Å²) in [6.45, 7) is 1.43. The van der Waals surface area contributed by atoms with Gasteiger partial charge >= 0.3 is 0 Å². The molecule has 0 saturated heterocycles. The summed E-state index contributed by atoms with van der Waals surface area (Å²) in [6.07, 6.45) is -0.798. The van der Waals surface area contributed by atoms with E-state index in [0.717, 1.165) is 0 Å². The molecule has 0 aliphatic rings. The highest BCUT2D eigenvalue weighted by molar-refractivity contribution is 7.89. The zero-order valence-corrected chi connectivity index (χ0v) is 10.7. The van der Waals surface area contributed by atoms with Crippen molar-refractivity contribution in [2.75, 3.05) is 6.54 Å². The fourth-order valence-corrected chi connectivity index (χ4v) is 2.24. The highest BCUT2D eigenvalue weighted by Gasteiger charge is 2.17. The molecule has 0 aliphatic heterocycles. The monoisotopic (exact) mass is 269 g/mol. The number of hydrogen-bond acceptors (Lipinski definition) is 5. The van der Waals surface area contributed by atoms with Gasteiger partial charge in [-0.2, -0.15) is 5.26 Å². The first-order valence-corrected chi connectivity index (χ1v) is 6.78. The summed E-state index contributed by atoms with van der Waals surface area (Å²) in [5.41, 5.74) is 5.91. The molecule has 98 valence electrons. The van der Waals surface area contributed by atoms with E-state index in [2.05, 4.69) is 4.72 Å². The molecule has 0 radical (unpaired) electrons. The smallest absolute Gasteiger partial charge is 0.240 e. The molecule has 0 aromatic heterocycles. The lowest BCUT2D eigenvalue weighted by atomic mass is 10.2. The number of hydrogen-bond donors (Lipinski definition) is 3. The quantitative estimate of drug-likeness (QED) is 0.669. The highest BCUT2D eigenvalue weighted by Crippen LogP contribution is 2.09. The number of sulfonamides is 1. The van der Waals surface area contributed by atoms with Crippen molar-refractivity contribution >= 4 is 10.0 Å². The summed E-state index contributed by atoms with van der Waals surface area (Å²) in [4.78, 5) is 0.0549. The molecule has 18 heavy (non-hydrogen) atoms. The summed E-state index contributed by atoms with van der Waals surface area (Å²) in [5, 5.41) is 17.8. The maximum absolute atomic E-state index is 11.8. The van der Waals surface area contributed by atoms with E-state index >= 15 is 0 Å². The van der Waals surface area contributed by atoms with Crippen molar-refractivity contribution < 1.29 is 13.5 Å². The van der Waals surface area contributed by atoms with Crippen LogP contribution in [0.4, 0.5) is 0 Å². The largest absolute Gasteiger partial charge is 0.392 e. The zero-order valence-electron chi connectivity index (χ0n) is 9.87. The summed E-state index contributed by atoms with van der Waals surface area (Å²) >= 11 is 0. The Morgan fingerprint density at radius 1 is 1.44 bits per heavy atom. The van der Waals surface area contributed by atoms with E-state index in [0.29, 0.717) is 5.56 Å². The first-order valence-electron chi connectivity index (χ1n) is 5.30. The van der Waals surface area contributed by atoms with Gasteiger partial charge in [-0.15, -0.1) is 0 Å². The Hall–Kier alpha value is -1.46. The molecule has 2 atom stereocenters. The number of nitriles is 1. The molecule has 0 spiro atoms. The molecule has 0 fully saturated rings. The van der Waals surface area contributed by atoms with E-state index in [1.807, 2.05) is 6.07 Å². The molecule has 0 heterocycles. The summed E-state index contributed by atoms with van der Waals surface area (Å²) in [7, 11) is -3.66. The second kappa shape index (κ2) is 5.93. The number of nitrogens with one attached hydrogen (secondary N) is 1. The number of rotatable bonds is 5. The van der Waals surface area contributed by atoms with Crippen molar-refractivity contribution in [2.45, 2.75) is 24.0 Å². The highest BCUT2D eigenvalue weighted by atomic mass is 32.2. The van der Waals surface area contributed by atoms with Gasteiger partial charge in [0, 0.05) is 12.6 Å². The van der Waals surface area contributed by atoms with Gasteiger partial charge in [0.15, 0.2) is 0 Å². The topological polar surface area (TPSA) is 116 Å². The zero-order chi connectivity index (χ0) is 13.8. The second-order valence-electron chi connectivity index (χ2n) is 3.89. The van der Waals surface area contributed by atoms with Crippen molar-refractivity contribution in [1.82, 2.24) is 4.72 Å². The van der Waals surface area contributed by atoms with Gasteiger partial charge in [-0.3, -0.25) is 0 Å². The minimum atomic E-state index is -3.66. The third-order valence-corrected chi connectivity index (χ3v) is 3.86. The number of aliphatic hydroxyl groups is 1. The predicted molar refractivity (Wildman–Crippen MR) is 66.0 cm³/mol. The molecule has 4 N–H and O–H groups in total. The molecular formula is C11H15N3O3S. The van der Waals surface area contributed by atoms with E-state index in [-0.39, 0.29) is 11.4 Å². The van der Waals surface area contributed by atoms with E-state index < -0.39 is 22.2 Å². The van der Waals surface area contributed by atoms with Crippen LogP contribution in [0.15, 0.2) is 29.2 Å². The lowest BCUT2D eigenvalue weighted by Crippen LogP contribution is -2.43. The van der Waals surface area contributed by atoms with Gasteiger partial charge in [0.25, 0.3) is 0 Å². The Kier molecular flexibility index (Phi) is 4.81. The van der Waals surface area contributed by atoms with Crippen LogP contribution >= 0.6 is 0 Å². The molecular weight excluding hydrogens is 254 g/mol. The van der Waals surface area contributed by atoms with Gasteiger partial charge in [-0.05, 0) is 31.2 Å². The van der Waals surface area contributed by atoms with Crippen LogP contribution in [0.2, 0.25) is 0 Å². The number of benzene rings is 1. The first-order chi connectivity index (χ1) is 8.36. The Morgan fingerprint density at radius 2 is 2.00 bits per heavy atom. The number of aliphatic hydroxyl groups excluding tert-OH is 1. The van der Waals surface area contributed by atoms with Gasteiger partial charge in [0.05, 0.1) is 22.6 Å². The molecule has 0 amide bonds. The minimum Gasteiger partial charge on any atom is -0.392 e. The average Bonchev–Trinajstić information content (AvgIpc) is 2.36. The van der Waals surface area contributed by atoms with Gasteiger partial charge in [0.1, 0.15) is 0 Å². The lowest BCUT2D eigenvalue weighted by Gasteiger charge is -2.15.